The van der Waals surface area contributed by atoms with Gasteiger partial charge in [0.15, 0.2) is 0 Å². The van der Waals surface area contributed by atoms with Gasteiger partial charge in [0.1, 0.15) is 5.82 Å². The van der Waals surface area contributed by atoms with Gasteiger partial charge in [-0.15, -0.1) is 12.4 Å². The van der Waals surface area contributed by atoms with Crippen LogP contribution in [0.1, 0.15) is 12.0 Å². The van der Waals surface area contributed by atoms with Gasteiger partial charge in [0.2, 0.25) is 5.91 Å². The minimum atomic E-state index is -0.0622. The maximum absolute atomic E-state index is 12.2. The monoisotopic (exact) mass is 350 g/mol. The van der Waals surface area contributed by atoms with Crippen molar-refractivity contribution in [2.45, 2.75) is 19.4 Å². The van der Waals surface area contributed by atoms with Crippen LogP contribution >= 0.6 is 12.4 Å². The van der Waals surface area contributed by atoms with Crippen LogP contribution in [0, 0.1) is 6.92 Å². The second-order valence-corrected chi connectivity index (χ2v) is 5.80. The molecule has 2 heterocycles. The van der Waals surface area contributed by atoms with E-state index in [-0.39, 0.29) is 24.4 Å². The second-order valence-electron chi connectivity index (χ2n) is 5.80. The number of nitrogens with one attached hydrogen (secondary N) is 2. The summed E-state index contributed by atoms with van der Waals surface area (Å²) in [5.41, 5.74) is 3.09. The molecule has 3 rings (SSSR count). The Labute approximate surface area is 148 Å². The molecule has 1 fully saturated rings. The van der Waals surface area contributed by atoms with Crippen LogP contribution in [0.2, 0.25) is 0 Å². The molecule has 2 aromatic rings. The van der Waals surface area contributed by atoms with Crippen molar-refractivity contribution in [1.29, 1.82) is 0 Å². The fraction of sp³-hybridized carbons (Fsp3) is 0.412. The summed E-state index contributed by atoms with van der Waals surface area (Å²) in [6, 6.07) is 9.98. The Hall–Kier alpha value is -1.89. The molecular formula is C17H23ClN4O2. The zero-order chi connectivity index (χ0) is 16.2. The lowest BCUT2D eigenvalue weighted by Crippen LogP contribution is -2.40. The summed E-state index contributed by atoms with van der Waals surface area (Å²) in [4.78, 5) is 12.2. The molecule has 7 heteroatoms. The van der Waals surface area contributed by atoms with Gasteiger partial charge in [0, 0.05) is 31.8 Å². The molecule has 1 aliphatic rings. The summed E-state index contributed by atoms with van der Waals surface area (Å²) in [5.74, 6) is 0.634. The van der Waals surface area contributed by atoms with E-state index in [1.165, 1.54) is 0 Å². The first-order chi connectivity index (χ1) is 11.1. The van der Waals surface area contributed by atoms with E-state index in [4.69, 9.17) is 4.74 Å². The van der Waals surface area contributed by atoms with Crippen LogP contribution in [0.4, 0.5) is 5.82 Å². The fourth-order valence-electron chi connectivity index (χ4n) is 2.73. The van der Waals surface area contributed by atoms with Gasteiger partial charge in [-0.2, -0.15) is 5.10 Å². The molecule has 130 valence electrons. The average Bonchev–Trinajstić information content (AvgIpc) is 2.89. The first kappa shape index (κ1) is 18.4. The topological polar surface area (TPSA) is 68.2 Å². The van der Waals surface area contributed by atoms with Crippen LogP contribution in [0.5, 0.6) is 0 Å². The third kappa shape index (κ3) is 4.35. The third-order valence-electron chi connectivity index (χ3n) is 3.99. The van der Waals surface area contributed by atoms with Crippen molar-refractivity contribution in [3.05, 3.63) is 35.9 Å². The molecular weight excluding hydrogens is 328 g/mol. The largest absolute Gasteiger partial charge is 0.375 e. The zero-order valence-electron chi connectivity index (χ0n) is 13.9. The maximum Gasteiger partial charge on any atom is 0.228 e. The number of aryl methyl sites for hydroxylation is 2. The predicted molar refractivity (Wildman–Crippen MR) is 96.5 cm³/mol. The standard InChI is InChI=1S/C17H22N4O2.ClH/c1-12-5-3-4-6-14(12)15-10-16(21(2)20-15)19-17(22)9-13-11-18-7-8-23-13;/h3-6,10,13,18H,7-9,11H2,1-2H3,(H,19,22);1H. The van der Waals surface area contributed by atoms with E-state index >= 15 is 0 Å². The van der Waals surface area contributed by atoms with Gasteiger partial charge in [-0.05, 0) is 12.5 Å². The first-order valence-corrected chi connectivity index (χ1v) is 7.85. The summed E-state index contributed by atoms with van der Waals surface area (Å²) in [7, 11) is 1.83. The fourth-order valence-corrected chi connectivity index (χ4v) is 2.73. The number of carbonyl (C=O) groups is 1. The number of halogens is 1. The second kappa shape index (κ2) is 8.28. The van der Waals surface area contributed by atoms with E-state index in [1.807, 2.05) is 31.3 Å². The van der Waals surface area contributed by atoms with Crippen molar-refractivity contribution in [3.63, 3.8) is 0 Å². The highest BCUT2D eigenvalue weighted by Crippen LogP contribution is 2.24. The number of rotatable bonds is 4. The van der Waals surface area contributed by atoms with Gasteiger partial charge in [0.25, 0.3) is 0 Å². The molecule has 2 N–H and O–H groups in total. The Balaban J connectivity index is 0.00000208. The number of benzene rings is 1. The third-order valence-corrected chi connectivity index (χ3v) is 3.99. The minimum Gasteiger partial charge on any atom is -0.375 e. The Morgan fingerprint density at radius 3 is 2.96 bits per heavy atom. The van der Waals surface area contributed by atoms with Gasteiger partial charge in [-0.3, -0.25) is 9.48 Å². The zero-order valence-corrected chi connectivity index (χ0v) is 14.7. The molecule has 1 amide bonds. The van der Waals surface area contributed by atoms with Crippen molar-refractivity contribution in [2.75, 3.05) is 25.0 Å². The van der Waals surface area contributed by atoms with Crippen LogP contribution in [-0.2, 0) is 16.6 Å². The van der Waals surface area contributed by atoms with Crippen LogP contribution in [0.15, 0.2) is 30.3 Å². The van der Waals surface area contributed by atoms with Crippen molar-refractivity contribution >= 4 is 24.1 Å². The minimum absolute atomic E-state index is 0. The number of amides is 1. The lowest BCUT2D eigenvalue weighted by Gasteiger charge is -2.22. The number of anilines is 1. The predicted octanol–water partition coefficient (Wildman–Crippen LogP) is 2.13. The lowest BCUT2D eigenvalue weighted by molar-refractivity contribution is -0.119. The molecule has 1 unspecified atom stereocenters. The normalized spacial score (nSPS) is 17.2. The van der Waals surface area contributed by atoms with Gasteiger partial charge in [-0.1, -0.05) is 24.3 Å². The number of aromatic nitrogens is 2. The average molecular weight is 351 g/mol. The Morgan fingerprint density at radius 1 is 1.46 bits per heavy atom. The summed E-state index contributed by atoms with van der Waals surface area (Å²) in [6.45, 7) is 4.27. The van der Waals surface area contributed by atoms with E-state index in [0.29, 0.717) is 25.4 Å². The number of ether oxygens (including phenoxy) is 1. The number of morpholine rings is 1. The van der Waals surface area contributed by atoms with E-state index < -0.39 is 0 Å². The molecule has 1 aromatic heterocycles. The van der Waals surface area contributed by atoms with Crippen LogP contribution in [-0.4, -0.2) is 41.5 Å². The number of carbonyl (C=O) groups excluding carboxylic acids is 1. The van der Waals surface area contributed by atoms with Crippen LogP contribution in [0.25, 0.3) is 11.3 Å². The molecule has 0 aliphatic carbocycles. The maximum atomic E-state index is 12.2. The van der Waals surface area contributed by atoms with Crippen LogP contribution in [0.3, 0.4) is 0 Å². The van der Waals surface area contributed by atoms with Gasteiger partial charge in [0.05, 0.1) is 24.8 Å². The molecule has 24 heavy (non-hydrogen) atoms. The summed E-state index contributed by atoms with van der Waals surface area (Å²) in [6.07, 6.45) is 0.283. The molecule has 0 saturated carbocycles. The Bertz CT molecular complexity index is 696. The Kier molecular flexibility index (Phi) is 6.36. The van der Waals surface area contributed by atoms with E-state index in [2.05, 4.69) is 28.7 Å². The quantitative estimate of drug-likeness (QED) is 0.886. The molecule has 1 saturated heterocycles. The molecule has 6 nitrogen and oxygen atoms in total. The molecule has 0 radical (unpaired) electrons. The van der Waals surface area contributed by atoms with Crippen molar-refractivity contribution < 1.29 is 9.53 Å². The molecule has 1 aliphatic heterocycles. The number of hydrogen-bond acceptors (Lipinski definition) is 4. The Morgan fingerprint density at radius 2 is 2.25 bits per heavy atom. The van der Waals surface area contributed by atoms with Crippen LogP contribution < -0.4 is 10.6 Å². The van der Waals surface area contributed by atoms with Gasteiger partial charge >= 0.3 is 0 Å². The summed E-state index contributed by atoms with van der Waals surface area (Å²) >= 11 is 0. The molecule has 0 spiro atoms. The smallest absolute Gasteiger partial charge is 0.228 e. The van der Waals surface area contributed by atoms with Crippen molar-refractivity contribution in [1.82, 2.24) is 15.1 Å². The molecule has 1 aromatic carbocycles. The van der Waals surface area contributed by atoms with Gasteiger partial charge in [-0.25, -0.2) is 0 Å². The van der Waals surface area contributed by atoms with E-state index in [1.54, 1.807) is 4.68 Å². The SMILES string of the molecule is Cc1ccccc1-c1cc(NC(=O)CC2CNCCO2)n(C)n1.Cl. The highest BCUT2D eigenvalue weighted by atomic mass is 35.5. The van der Waals surface area contributed by atoms with E-state index in [0.717, 1.165) is 23.4 Å². The highest BCUT2D eigenvalue weighted by molar-refractivity contribution is 5.91. The van der Waals surface area contributed by atoms with Crippen molar-refractivity contribution in [2.24, 2.45) is 7.05 Å². The molecule has 0 bridgehead atoms. The van der Waals surface area contributed by atoms with Gasteiger partial charge < -0.3 is 15.4 Å². The highest BCUT2D eigenvalue weighted by Gasteiger charge is 2.18. The number of hydrogen-bond donors (Lipinski definition) is 2. The van der Waals surface area contributed by atoms with Crippen molar-refractivity contribution in [3.8, 4) is 11.3 Å². The summed E-state index contributed by atoms with van der Waals surface area (Å²) in [5, 5.41) is 10.6. The lowest BCUT2D eigenvalue weighted by atomic mass is 10.1. The number of nitrogens with zero attached hydrogens (tertiary/aromatic N) is 2. The van der Waals surface area contributed by atoms with E-state index in [9.17, 15) is 4.79 Å². The molecule has 1 atom stereocenters. The summed E-state index contributed by atoms with van der Waals surface area (Å²) < 4.78 is 7.26. The first-order valence-electron chi connectivity index (χ1n) is 7.85.